The van der Waals surface area contributed by atoms with Gasteiger partial charge in [-0.3, -0.25) is 15.4 Å². The molecule has 0 fully saturated rings. The minimum absolute atomic E-state index is 0.00361. The van der Waals surface area contributed by atoms with Crippen molar-refractivity contribution in [2.75, 3.05) is 25.6 Å². The number of methoxy groups -OCH3 is 1. The van der Waals surface area contributed by atoms with Crippen molar-refractivity contribution in [2.24, 2.45) is 0 Å². The maximum absolute atomic E-state index is 11.1. The van der Waals surface area contributed by atoms with Crippen molar-refractivity contribution >= 4 is 17.5 Å². The molecular weight excluding hydrogens is 244 g/mol. The lowest BCUT2D eigenvalue weighted by atomic mass is 10.2. The Balaban J connectivity index is 2.46. The molecule has 1 heterocycles. The molecule has 1 amide bonds. The van der Waals surface area contributed by atoms with Crippen LogP contribution in [0.1, 0.15) is 0 Å². The molecule has 8 heteroatoms. The number of carbonyl (C=O) groups is 1. The van der Waals surface area contributed by atoms with Gasteiger partial charge in [0.05, 0.1) is 12.0 Å². The van der Waals surface area contributed by atoms with E-state index in [1.165, 1.54) is 19.2 Å². The molecule has 96 valence electrons. The van der Waals surface area contributed by atoms with E-state index in [2.05, 4.69) is 10.1 Å². The minimum Gasteiger partial charge on any atom is -0.486 e. The number of hydrogen-bond acceptors (Lipinski definition) is 6. The Labute approximate surface area is 102 Å². The molecule has 1 aromatic rings. The number of nitrogens with one attached hydrogen (secondary N) is 1. The van der Waals surface area contributed by atoms with Crippen molar-refractivity contribution in [2.45, 2.75) is 0 Å². The maximum Gasteiger partial charge on any atom is 0.411 e. The van der Waals surface area contributed by atoms with Gasteiger partial charge in [-0.25, -0.2) is 4.79 Å². The van der Waals surface area contributed by atoms with Crippen molar-refractivity contribution in [3.63, 3.8) is 0 Å². The van der Waals surface area contributed by atoms with Crippen LogP contribution in [0, 0.1) is 10.1 Å². The Morgan fingerprint density at radius 1 is 1.44 bits per heavy atom. The number of rotatable bonds is 2. The first-order valence-electron chi connectivity index (χ1n) is 5.05. The fourth-order valence-electron chi connectivity index (χ4n) is 1.54. The highest BCUT2D eigenvalue weighted by molar-refractivity contribution is 5.89. The highest BCUT2D eigenvalue weighted by Crippen LogP contribution is 2.43. The molecule has 0 saturated heterocycles. The first kappa shape index (κ1) is 12.0. The van der Waals surface area contributed by atoms with E-state index in [9.17, 15) is 14.9 Å². The molecule has 0 unspecified atom stereocenters. The number of fused-ring (bicyclic) bond motifs is 1. The van der Waals surface area contributed by atoms with Crippen LogP contribution in [0.2, 0.25) is 0 Å². The average Bonchev–Trinajstić information content (AvgIpc) is 2.37. The van der Waals surface area contributed by atoms with Crippen LogP contribution in [0.15, 0.2) is 12.1 Å². The Hall–Kier alpha value is -2.51. The third-order valence-corrected chi connectivity index (χ3v) is 2.29. The molecule has 1 aromatic carbocycles. The van der Waals surface area contributed by atoms with Gasteiger partial charge in [0, 0.05) is 0 Å². The van der Waals surface area contributed by atoms with Gasteiger partial charge in [-0.15, -0.1) is 0 Å². The van der Waals surface area contributed by atoms with Crippen molar-refractivity contribution in [1.29, 1.82) is 0 Å². The van der Waals surface area contributed by atoms with Crippen molar-refractivity contribution in [3.05, 3.63) is 22.2 Å². The van der Waals surface area contributed by atoms with Crippen LogP contribution in [-0.4, -0.2) is 31.3 Å². The number of benzene rings is 1. The van der Waals surface area contributed by atoms with Gasteiger partial charge in [-0.1, -0.05) is 0 Å². The molecule has 2 rings (SSSR count). The summed E-state index contributed by atoms with van der Waals surface area (Å²) in [6.07, 6.45) is -0.797. The molecular formula is C10H10N2O6. The predicted octanol–water partition coefficient (Wildman–Crippen LogP) is 1.54. The highest BCUT2D eigenvalue weighted by Gasteiger charge is 2.29. The molecule has 0 atom stereocenters. The second-order valence-electron chi connectivity index (χ2n) is 3.36. The van der Waals surface area contributed by atoms with Crippen LogP contribution in [0.4, 0.5) is 16.2 Å². The quantitative estimate of drug-likeness (QED) is 0.634. The number of hydrogen-bond donors (Lipinski definition) is 1. The summed E-state index contributed by atoms with van der Waals surface area (Å²) >= 11 is 0. The smallest absolute Gasteiger partial charge is 0.411 e. The van der Waals surface area contributed by atoms with E-state index in [0.29, 0.717) is 6.61 Å². The van der Waals surface area contributed by atoms with Gasteiger partial charge in [0.15, 0.2) is 5.75 Å². The lowest BCUT2D eigenvalue weighted by molar-refractivity contribution is -0.385. The third-order valence-electron chi connectivity index (χ3n) is 2.29. The molecule has 0 bridgehead atoms. The maximum atomic E-state index is 11.1. The molecule has 0 aliphatic carbocycles. The van der Waals surface area contributed by atoms with Crippen LogP contribution in [0.5, 0.6) is 11.5 Å². The van der Waals surface area contributed by atoms with Crippen LogP contribution >= 0.6 is 0 Å². The molecule has 0 saturated carbocycles. The standard InChI is InChI=1S/C10H10N2O6/c1-16-10(13)11-6-2-3-7-9(8(6)12(14)15)18-5-4-17-7/h2-3H,4-5H2,1H3,(H,11,13). The normalized spacial score (nSPS) is 12.7. The zero-order valence-electron chi connectivity index (χ0n) is 9.47. The Morgan fingerprint density at radius 2 is 2.17 bits per heavy atom. The Bertz CT molecular complexity index is 501. The predicted molar refractivity (Wildman–Crippen MR) is 60.1 cm³/mol. The van der Waals surface area contributed by atoms with Crippen molar-refractivity contribution in [1.82, 2.24) is 0 Å². The first-order valence-corrected chi connectivity index (χ1v) is 5.05. The van der Waals surface area contributed by atoms with Crippen LogP contribution in [0.3, 0.4) is 0 Å². The monoisotopic (exact) mass is 254 g/mol. The van der Waals surface area contributed by atoms with Crippen LogP contribution in [-0.2, 0) is 4.74 Å². The van der Waals surface area contributed by atoms with Gasteiger partial charge < -0.3 is 14.2 Å². The molecule has 1 N–H and O–H groups in total. The number of ether oxygens (including phenoxy) is 3. The number of carbonyl (C=O) groups excluding carboxylic acids is 1. The molecule has 1 aliphatic rings. The van der Waals surface area contributed by atoms with Gasteiger partial charge in [0.1, 0.15) is 18.9 Å². The summed E-state index contributed by atoms with van der Waals surface area (Å²) in [5.74, 6) is 0.295. The van der Waals surface area contributed by atoms with Gasteiger partial charge in [-0.2, -0.15) is 0 Å². The second-order valence-corrected chi connectivity index (χ2v) is 3.36. The fraction of sp³-hybridized carbons (Fsp3) is 0.300. The molecule has 8 nitrogen and oxygen atoms in total. The van der Waals surface area contributed by atoms with Gasteiger partial charge >= 0.3 is 11.8 Å². The number of anilines is 1. The molecule has 0 radical (unpaired) electrons. The molecule has 18 heavy (non-hydrogen) atoms. The van der Waals surface area contributed by atoms with E-state index in [1.54, 1.807) is 0 Å². The van der Waals surface area contributed by atoms with E-state index < -0.39 is 11.0 Å². The number of nitro benzene ring substituents is 1. The third kappa shape index (κ3) is 2.12. The first-order chi connectivity index (χ1) is 8.63. The largest absolute Gasteiger partial charge is 0.486 e. The summed E-state index contributed by atoms with van der Waals surface area (Å²) in [5, 5.41) is 13.3. The zero-order valence-corrected chi connectivity index (χ0v) is 9.47. The molecule has 0 aromatic heterocycles. The van der Waals surface area contributed by atoms with E-state index in [-0.39, 0.29) is 29.5 Å². The minimum atomic E-state index is -0.797. The van der Waals surface area contributed by atoms with E-state index in [4.69, 9.17) is 9.47 Å². The van der Waals surface area contributed by atoms with Crippen molar-refractivity contribution in [3.8, 4) is 11.5 Å². The SMILES string of the molecule is COC(=O)Nc1ccc2c(c1[N+](=O)[O-])OCCO2. The lowest BCUT2D eigenvalue weighted by Gasteiger charge is -2.19. The zero-order chi connectivity index (χ0) is 13.1. The van der Waals surface area contributed by atoms with Crippen molar-refractivity contribution < 1.29 is 23.9 Å². The van der Waals surface area contributed by atoms with Gasteiger partial charge in [-0.05, 0) is 12.1 Å². The Morgan fingerprint density at radius 3 is 2.83 bits per heavy atom. The highest BCUT2D eigenvalue weighted by atomic mass is 16.6. The van der Waals surface area contributed by atoms with Crippen LogP contribution < -0.4 is 14.8 Å². The average molecular weight is 254 g/mol. The lowest BCUT2D eigenvalue weighted by Crippen LogP contribution is -2.18. The summed E-state index contributed by atoms with van der Waals surface area (Å²) in [5.41, 5.74) is -0.353. The summed E-state index contributed by atoms with van der Waals surface area (Å²) in [6.45, 7) is 0.545. The fourth-order valence-corrected chi connectivity index (χ4v) is 1.54. The molecule has 1 aliphatic heterocycles. The number of nitrogens with zero attached hydrogens (tertiary/aromatic N) is 1. The molecule has 0 spiro atoms. The summed E-state index contributed by atoms with van der Waals surface area (Å²) in [6, 6.07) is 2.86. The van der Waals surface area contributed by atoms with Crippen LogP contribution in [0.25, 0.3) is 0 Å². The van der Waals surface area contributed by atoms with E-state index in [1.807, 2.05) is 0 Å². The number of nitro groups is 1. The van der Waals surface area contributed by atoms with Gasteiger partial charge in [0.2, 0.25) is 5.75 Å². The Kier molecular flexibility index (Phi) is 3.18. The second kappa shape index (κ2) is 4.78. The van der Waals surface area contributed by atoms with E-state index in [0.717, 1.165) is 0 Å². The number of amides is 1. The van der Waals surface area contributed by atoms with Gasteiger partial charge in [0.25, 0.3) is 0 Å². The summed E-state index contributed by atoms with van der Waals surface area (Å²) in [7, 11) is 1.17. The topological polar surface area (TPSA) is 99.9 Å². The van der Waals surface area contributed by atoms with E-state index >= 15 is 0 Å². The summed E-state index contributed by atoms with van der Waals surface area (Å²) < 4.78 is 14.8. The summed E-state index contributed by atoms with van der Waals surface area (Å²) in [4.78, 5) is 21.5.